The van der Waals surface area contributed by atoms with Crippen molar-refractivity contribution in [3.05, 3.63) is 135 Å². The summed E-state index contributed by atoms with van der Waals surface area (Å²) in [4.78, 5) is 41.3. The van der Waals surface area contributed by atoms with Gasteiger partial charge in [0.25, 0.3) is 10.1 Å². The van der Waals surface area contributed by atoms with Crippen molar-refractivity contribution < 1.29 is 22.2 Å². The molecular formula is C51H52Cl2N10O5S. The number of aromatic nitrogens is 4. The fraction of sp³-hybridized carbons (Fsp3) is 0.294. The number of nitrogens with two attached hydrogens (primary N) is 2. The Labute approximate surface area is 411 Å². The van der Waals surface area contributed by atoms with E-state index in [1.807, 2.05) is 45.2 Å². The number of amides is 2. The number of benzene rings is 3. The van der Waals surface area contributed by atoms with Gasteiger partial charge in [0.05, 0.1) is 58.0 Å². The number of halogens is 2. The Hall–Kier alpha value is -6.95. The van der Waals surface area contributed by atoms with Crippen LogP contribution in [0.4, 0.5) is 22.7 Å². The Morgan fingerprint density at radius 3 is 1.90 bits per heavy atom. The highest BCUT2D eigenvalue weighted by Crippen LogP contribution is 2.43. The second kappa shape index (κ2) is 21.1. The topological polar surface area (TPSA) is 209 Å². The van der Waals surface area contributed by atoms with E-state index in [4.69, 9.17) is 52.0 Å². The van der Waals surface area contributed by atoms with Crippen molar-refractivity contribution in [2.45, 2.75) is 102 Å². The van der Waals surface area contributed by atoms with E-state index in [0.717, 1.165) is 86.4 Å². The van der Waals surface area contributed by atoms with Crippen LogP contribution in [-0.2, 0) is 23.9 Å². The smallest absolute Gasteiger partial charge is 0.297 e. The summed E-state index contributed by atoms with van der Waals surface area (Å²) in [6.07, 6.45) is 14.7. The standard InChI is InChI=1S/C22H22ClN5O.C15H11ClN4.C14H19NO4S/c1-12-6-21-16(8-20(12)25-3)18(17-9-26-10-19(24)22(17)23)11-28(21)15-5-4-14(7-15)27-13(2)29;1-8-3-14-9(4-13(8)18-2)10(6-20-14)11-5-19-7-12(17)15(11)16;1-10-3-7-14(8-4-10)20(17,18)19-13-6-5-12(9-13)15-11(2)16/h6,8-11,14-15H,4-5,7,24H2,1-2H3,(H,27,29);3-7,20H,17H2,1H3;3-4,7-8,12-13H,5-6,9H2,1-2H3,(H,15,16)/t14-,15?;;/m1../s1. The van der Waals surface area contributed by atoms with Crippen molar-refractivity contribution in [1.82, 2.24) is 30.2 Å². The first-order chi connectivity index (χ1) is 32.9. The predicted molar refractivity (Wildman–Crippen MR) is 273 cm³/mol. The van der Waals surface area contributed by atoms with Crippen LogP contribution < -0.4 is 22.1 Å². The molecular weight excluding hydrogens is 936 g/mol. The summed E-state index contributed by atoms with van der Waals surface area (Å²) in [5, 5.41) is 8.67. The van der Waals surface area contributed by atoms with Crippen molar-refractivity contribution in [2.75, 3.05) is 11.5 Å². The van der Waals surface area contributed by atoms with Gasteiger partial charge in [-0.15, -0.1) is 0 Å². The summed E-state index contributed by atoms with van der Waals surface area (Å²) in [7, 11) is -3.73. The second-order valence-electron chi connectivity index (χ2n) is 17.5. The van der Waals surface area contributed by atoms with Crippen LogP contribution in [0.5, 0.6) is 0 Å². The molecule has 2 fully saturated rings. The van der Waals surface area contributed by atoms with Gasteiger partial charge in [-0.2, -0.15) is 8.42 Å². The number of H-pyrrole nitrogens is 1. The minimum absolute atomic E-state index is 0.00358. The summed E-state index contributed by atoms with van der Waals surface area (Å²) in [6, 6.07) is 14.8. The third-order valence-corrected chi connectivity index (χ3v) is 14.6. The molecule has 4 atom stereocenters. The molecule has 2 saturated carbocycles. The van der Waals surface area contributed by atoms with E-state index in [1.54, 1.807) is 43.6 Å². The largest absolute Gasteiger partial charge is 0.396 e. The van der Waals surface area contributed by atoms with Crippen molar-refractivity contribution in [3.63, 3.8) is 0 Å². The van der Waals surface area contributed by atoms with Crippen molar-refractivity contribution >= 4 is 89.7 Å². The van der Waals surface area contributed by atoms with Crippen LogP contribution in [0, 0.1) is 33.9 Å². The maximum Gasteiger partial charge on any atom is 0.297 e. The van der Waals surface area contributed by atoms with Crippen LogP contribution in [0.15, 0.2) is 90.6 Å². The van der Waals surface area contributed by atoms with E-state index in [0.29, 0.717) is 45.6 Å². The number of hydrogen-bond donors (Lipinski definition) is 5. The molecule has 7 N–H and O–H groups in total. The minimum atomic E-state index is -3.73. The first kappa shape index (κ1) is 49.9. The molecule has 7 aromatic rings. The first-order valence-corrected chi connectivity index (χ1v) is 24.4. The number of aromatic amines is 1. The molecule has 3 aromatic carbocycles. The summed E-state index contributed by atoms with van der Waals surface area (Å²) in [6.45, 7) is 23.5. The number of hydrogen-bond acceptors (Lipinski definition) is 9. The zero-order valence-corrected chi connectivity index (χ0v) is 41.1. The molecule has 4 heterocycles. The molecule has 356 valence electrons. The zero-order valence-electron chi connectivity index (χ0n) is 38.7. The molecule has 0 saturated heterocycles. The maximum atomic E-state index is 12.1. The van der Waals surface area contributed by atoms with Gasteiger partial charge in [-0.25, -0.2) is 9.69 Å². The van der Waals surface area contributed by atoms with E-state index >= 15 is 0 Å². The summed E-state index contributed by atoms with van der Waals surface area (Å²) < 4.78 is 31.8. The molecule has 69 heavy (non-hydrogen) atoms. The van der Waals surface area contributed by atoms with Crippen LogP contribution in [0.1, 0.15) is 75.1 Å². The molecule has 3 unspecified atom stereocenters. The molecule has 0 radical (unpaired) electrons. The quantitative estimate of drug-likeness (QED) is 0.0723. The monoisotopic (exact) mass is 986 g/mol. The van der Waals surface area contributed by atoms with Crippen molar-refractivity contribution in [1.29, 1.82) is 0 Å². The SMILES string of the molecule is CC(=O)NC1CCC(OS(=O)(=O)c2ccc(C)cc2)C1.[C-]#[N+]c1cc2c(-c3cncc(N)c3Cl)c[nH]c2cc1C.[C-]#[N+]c1cc2c(-c3cncc(N)c3Cl)cn(C3CC[C@@H](NC(C)=O)C3)c2cc1C. The third-order valence-electron chi connectivity index (χ3n) is 12.4. The van der Waals surface area contributed by atoms with E-state index in [1.165, 1.54) is 19.3 Å². The Morgan fingerprint density at radius 1 is 0.754 bits per heavy atom. The van der Waals surface area contributed by atoms with Crippen LogP contribution in [0.2, 0.25) is 10.0 Å². The van der Waals surface area contributed by atoms with Gasteiger partial charge in [-0.1, -0.05) is 40.9 Å². The molecule has 2 aliphatic rings. The van der Waals surface area contributed by atoms with Crippen LogP contribution in [0.25, 0.3) is 53.7 Å². The van der Waals surface area contributed by atoms with Crippen LogP contribution in [-0.4, -0.2) is 57.9 Å². The fourth-order valence-corrected chi connectivity index (χ4v) is 10.5. The Morgan fingerprint density at radius 2 is 1.30 bits per heavy atom. The van der Waals surface area contributed by atoms with Gasteiger partial charge >= 0.3 is 0 Å². The van der Waals surface area contributed by atoms with E-state index in [2.05, 4.69) is 52.1 Å². The number of fused-ring (bicyclic) bond motifs is 2. The molecule has 15 nitrogen and oxygen atoms in total. The lowest BCUT2D eigenvalue weighted by molar-refractivity contribution is -0.120. The first-order valence-electron chi connectivity index (χ1n) is 22.2. The number of nitrogen functional groups attached to an aromatic ring is 2. The molecule has 9 rings (SSSR count). The number of nitrogens with one attached hydrogen (secondary N) is 3. The van der Waals surface area contributed by atoms with E-state index in [9.17, 15) is 18.0 Å². The number of anilines is 2. The number of nitrogens with zero attached hydrogens (tertiary/aromatic N) is 5. The fourth-order valence-electron chi connectivity index (χ4n) is 8.95. The lowest BCUT2D eigenvalue weighted by Crippen LogP contribution is -2.31. The van der Waals surface area contributed by atoms with Gasteiger partial charge in [-0.05, 0) is 118 Å². The van der Waals surface area contributed by atoms with Gasteiger partial charge in [0.1, 0.15) is 0 Å². The Balaban J connectivity index is 0.000000157. The highest BCUT2D eigenvalue weighted by atomic mass is 35.5. The highest BCUT2D eigenvalue weighted by Gasteiger charge is 2.31. The molecule has 2 aliphatic carbocycles. The Bertz CT molecular complexity index is 3280. The number of carbonyl (C=O) groups is 2. The molecule has 18 heteroatoms. The third kappa shape index (κ3) is 11.3. The number of pyridine rings is 2. The van der Waals surface area contributed by atoms with Gasteiger partial charge < -0.3 is 31.7 Å². The molecule has 0 aliphatic heterocycles. The van der Waals surface area contributed by atoms with Crippen molar-refractivity contribution in [3.8, 4) is 22.3 Å². The minimum Gasteiger partial charge on any atom is -0.396 e. The summed E-state index contributed by atoms with van der Waals surface area (Å²) in [5.41, 5.74) is 22.1. The zero-order chi connectivity index (χ0) is 49.7. The average molecular weight is 988 g/mol. The molecule has 4 aromatic heterocycles. The van der Waals surface area contributed by atoms with E-state index in [-0.39, 0.29) is 40.9 Å². The van der Waals surface area contributed by atoms with Crippen molar-refractivity contribution in [2.24, 2.45) is 0 Å². The van der Waals surface area contributed by atoms with Crippen LogP contribution in [0.3, 0.4) is 0 Å². The maximum absolute atomic E-state index is 12.1. The molecule has 0 spiro atoms. The lowest BCUT2D eigenvalue weighted by atomic mass is 10.0. The average Bonchev–Trinajstić information content (AvgIpc) is 4.12. The van der Waals surface area contributed by atoms with Gasteiger partial charge in [0.15, 0.2) is 11.4 Å². The number of carbonyl (C=O) groups excluding carboxylic acids is 2. The highest BCUT2D eigenvalue weighted by molar-refractivity contribution is 7.86. The van der Waals surface area contributed by atoms with Gasteiger partial charge in [0, 0.05) is 90.0 Å². The van der Waals surface area contributed by atoms with E-state index < -0.39 is 10.1 Å². The lowest BCUT2D eigenvalue weighted by Gasteiger charge is -2.16. The normalized spacial score (nSPS) is 17.5. The number of rotatable bonds is 8. The Kier molecular flexibility index (Phi) is 15.3. The van der Waals surface area contributed by atoms with Gasteiger partial charge in [0.2, 0.25) is 11.8 Å². The predicted octanol–water partition coefficient (Wildman–Crippen LogP) is 11.1. The molecule has 2 amide bonds. The van der Waals surface area contributed by atoms with Crippen LogP contribution >= 0.6 is 23.2 Å². The summed E-state index contributed by atoms with van der Waals surface area (Å²) in [5.74, 6) is -0.0964. The second-order valence-corrected chi connectivity index (χ2v) is 19.8. The number of aryl methyl sites for hydroxylation is 3. The molecule has 0 bridgehead atoms. The van der Waals surface area contributed by atoms with Gasteiger partial charge in [-0.3, -0.25) is 23.7 Å². The summed E-state index contributed by atoms with van der Waals surface area (Å²) >= 11 is 12.8.